The molecule has 0 amide bonds. The quantitative estimate of drug-likeness (QED) is 0.370. The molecule has 18 heavy (non-hydrogen) atoms. The van der Waals surface area contributed by atoms with Gasteiger partial charge in [-0.05, 0) is 87.5 Å². The van der Waals surface area contributed by atoms with E-state index in [0.29, 0.717) is 0 Å². The van der Waals surface area contributed by atoms with E-state index in [0.717, 1.165) is 11.3 Å². The molecule has 0 radical (unpaired) electrons. The second-order valence-electron chi connectivity index (χ2n) is 3.75. The minimum atomic E-state index is 0.741. The van der Waals surface area contributed by atoms with Gasteiger partial charge in [0.05, 0.1) is 6.21 Å². The van der Waals surface area contributed by atoms with Gasteiger partial charge in [-0.2, -0.15) is 0 Å². The lowest BCUT2D eigenvalue weighted by molar-refractivity contribution is 0.344. The third-order valence-electron chi connectivity index (χ3n) is 2.41. The van der Waals surface area contributed by atoms with Crippen LogP contribution in [-0.2, 0) is 0 Å². The maximum atomic E-state index is 5.28. The van der Waals surface area contributed by atoms with Gasteiger partial charge in [0.25, 0.3) is 0 Å². The largest absolute Gasteiger partial charge is 0.357 e. The first-order valence-corrected chi connectivity index (χ1v) is 7.53. The van der Waals surface area contributed by atoms with Gasteiger partial charge < -0.3 is 4.84 Å². The number of halogens is 2. The molecule has 0 saturated heterocycles. The van der Waals surface area contributed by atoms with E-state index >= 15 is 0 Å². The number of hydrogen-bond donors (Lipinski definition) is 0. The summed E-state index contributed by atoms with van der Waals surface area (Å²) < 4.78 is 2.47. The van der Waals surface area contributed by atoms with Crippen LogP contribution in [0.5, 0.6) is 5.75 Å². The van der Waals surface area contributed by atoms with E-state index in [9.17, 15) is 0 Å². The Morgan fingerprint density at radius 2 is 1.67 bits per heavy atom. The number of para-hydroxylation sites is 1. The lowest BCUT2D eigenvalue weighted by atomic mass is 10.2. The molecule has 0 heterocycles. The molecule has 0 unspecified atom stereocenters. The number of nitrogens with zero attached hydrogens (tertiary/aromatic N) is 1. The van der Waals surface area contributed by atoms with Crippen molar-refractivity contribution >= 4 is 51.4 Å². The summed E-state index contributed by atoms with van der Waals surface area (Å²) in [7, 11) is 0. The Bertz CT molecular complexity index is 544. The Morgan fingerprint density at radius 1 is 1.06 bits per heavy atom. The highest BCUT2D eigenvalue weighted by atomic mass is 127. The Balaban J connectivity index is 2.10. The summed E-state index contributed by atoms with van der Waals surface area (Å²) in [5.41, 5.74) is 2.35. The van der Waals surface area contributed by atoms with E-state index < -0.39 is 0 Å². The molecule has 0 aliphatic rings. The lowest BCUT2D eigenvalue weighted by Gasteiger charge is -2.03. The maximum Gasteiger partial charge on any atom is 0.157 e. The predicted octanol–water partition coefficient (Wildman–Crippen LogP) is 4.62. The fourth-order valence-corrected chi connectivity index (χ4v) is 3.19. The topological polar surface area (TPSA) is 21.6 Å². The van der Waals surface area contributed by atoms with Crippen LogP contribution in [0.2, 0.25) is 0 Å². The summed E-state index contributed by atoms with van der Waals surface area (Å²) in [5.74, 6) is 0.741. The van der Waals surface area contributed by atoms with Crippen molar-refractivity contribution in [1.82, 2.24) is 0 Å². The van der Waals surface area contributed by atoms with Crippen molar-refractivity contribution in [3.8, 4) is 5.75 Å². The molecular weight excluding hydrogens is 452 g/mol. The molecule has 0 aliphatic heterocycles. The van der Waals surface area contributed by atoms with E-state index in [1.54, 1.807) is 6.21 Å². The minimum Gasteiger partial charge on any atom is -0.357 e. The van der Waals surface area contributed by atoms with Crippen LogP contribution < -0.4 is 4.84 Å². The minimum absolute atomic E-state index is 0.741. The third-order valence-corrected chi connectivity index (χ3v) is 4.65. The summed E-state index contributed by atoms with van der Waals surface area (Å²) in [6.07, 6.45) is 1.73. The van der Waals surface area contributed by atoms with E-state index in [1.165, 1.54) is 12.7 Å². The van der Waals surface area contributed by atoms with Crippen LogP contribution in [0.3, 0.4) is 0 Å². The predicted molar refractivity (Wildman–Crippen MR) is 91.3 cm³/mol. The highest BCUT2D eigenvalue weighted by Crippen LogP contribution is 2.19. The number of benzene rings is 2. The molecule has 0 bridgehead atoms. The Labute approximate surface area is 134 Å². The average Bonchev–Trinajstić information content (AvgIpc) is 2.37. The van der Waals surface area contributed by atoms with Crippen molar-refractivity contribution in [2.45, 2.75) is 6.92 Å². The summed E-state index contributed by atoms with van der Waals surface area (Å²) in [6, 6.07) is 13.7. The van der Waals surface area contributed by atoms with Gasteiger partial charge in [0.1, 0.15) is 0 Å². The molecule has 0 spiro atoms. The third kappa shape index (κ3) is 3.68. The van der Waals surface area contributed by atoms with Crippen LogP contribution >= 0.6 is 45.2 Å². The molecule has 0 N–H and O–H groups in total. The van der Waals surface area contributed by atoms with Gasteiger partial charge >= 0.3 is 0 Å². The summed E-state index contributed by atoms with van der Waals surface area (Å²) >= 11 is 4.66. The van der Waals surface area contributed by atoms with Crippen LogP contribution in [0.1, 0.15) is 11.1 Å². The summed E-state index contributed by atoms with van der Waals surface area (Å²) in [6.45, 7) is 2.12. The molecule has 2 aromatic rings. The number of oxime groups is 1. The SMILES string of the molecule is Cc1c(I)cc(/C=N/Oc2ccccc2)cc1I. The first-order chi connectivity index (χ1) is 8.66. The molecule has 2 rings (SSSR count). The molecule has 92 valence electrons. The maximum absolute atomic E-state index is 5.28. The fraction of sp³-hybridized carbons (Fsp3) is 0.0714. The molecule has 0 aromatic heterocycles. The van der Waals surface area contributed by atoms with Gasteiger partial charge in [0, 0.05) is 7.14 Å². The van der Waals surface area contributed by atoms with Crippen LogP contribution in [0.25, 0.3) is 0 Å². The monoisotopic (exact) mass is 463 g/mol. The van der Waals surface area contributed by atoms with Gasteiger partial charge in [0.2, 0.25) is 0 Å². The van der Waals surface area contributed by atoms with E-state index in [-0.39, 0.29) is 0 Å². The summed E-state index contributed by atoms with van der Waals surface area (Å²) in [4.78, 5) is 5.28. The molecule has 0 atom stereocenters. The molecular formula is C14H11I2NO. The van der Waals surface area contributed by atoms with Crippen molar-refractivity contribution < 1.29 is 4.84 Å². The normalized spacial score (nSPS) is 10.8. The van der Waals surface area contributed by atoms with E-state index in [2.05, 4.69) is 69.4 Å². The van der Waals surface area contributed by atoms with Gasteiger partial charge in [-0.15, -0.1) is 0 Å². The molecule has 0 aliphatic carbocycles. The van der Waals surface area contributed by atoms with Crippen molar-refractivity contribution in [3.63, 3.8) is 0 Å². The smallest absolute Gasteiger partial charge is 0.157 e. The van der Waals surface area contributed by atoms with Crippen molar-refractivity contribution in [2.75, 3.05) is 0 Å². The molecule has 4 heteroatoms. The number of rotatable bonds is 3. The molecule has 0 saturated carbocycles. The van der Waals surface area contributed by atoms with Gasteiger partial charge in [-0.1, -0.05) is 23.4 Å². The lowest BCUT2D eigenvalue weighted by Crippen LogP contribution is -1.92. The Morgan fingerprint density at radius 3 is 2.28 bits per heavy atom. The zero-order valence-electron chi connectivity index (χ0n) is 9.73. The van der Waals surface area contributed by atoms with Crippen molar-refractivity contribution in [2.24, 2.45) is 5.16 Å². The van der Waals surface area contributed by atoms with Crippen LogP contribution in [0.4, 0.5) is 0 Å². The van der Waals surface area contributed by atoms with Gasteiger partial charge in [-0.25, -0.2) is 0 Å². The summed E-state index contributed by atoms with van der Waals surface area (Å²) in [5, 5.41) is 3.99. The first kappa shape index (κ1) is 13.8. The van der Waals surface area contributed by atoms with E-state index in [4.69, 9.17) is 4.84 Å². The van der Waals surface area contributed by atoms with Gasteiger partial charge in [-0.3, -0.25) is 0 Å². The zero-order valence-corrected chi connectivity index (χ0v) is 14.0. The van der Waals surface area contributed by atoms with Gasteiger partial charge in [0.15, 0.2) is 5.75 Å². The van der Waals surface area contributed by atoms with E-state index in [1.807, 2.05) is 30.3 Å². The molecule has 2 nitrogen and oxygen atoms in total. The van der Waals surface area contributed by atoms with Crippen molar-refractivity contribution in [3.05, 3.63) is 60.7 Å². The second kappa shape index (κ2) is 6.51. The zero-order chi connectivity index (χ0) is 13.0. The number of hydrogen-bond acceptors (Lipinski definition) is 2. The highest BCUT2D eigenvalue weighted by molar-refractivity contribution is 14.1. The Kier molecular flexibility index (Phi) is 4.99. The first-order valence-electron chi connectivity index (χ1n) is 5.38. The average molecular weight is 463 g/mol. The van der Waals surface area contributed by atoms with Crippen LogP contribution in [0, 0.1) is 14.1 Å². The fourth-order valence-electron chi connectivity index (χ4n) is 1.37. The Hall–Kier alpha value is -0.630. The second-order valence-corrected chi connectivity index (χ2v) is 6.07. The standard InChI is InChI=1S/C14H11I2NO/c1-10-13(15)7-11(8-14(10)16)9-17-18-12-5-3-2-4-6-12/h2-9H,1H3/b17-9+. The van der Waals surface area contributed by atoms with Crippen LogP contribution in [-0.4, -0.2) is 6.21 Å². The van der Waals surface area contributed by atoms with Crippen molar-refractivity contribution in [1.29, 1.82) is 0 Å². The molecule has 2 aromatic carbocycles. The molecule has 0 fully saturated rings. The highest BCUT2D eigenvalue weighted by Gasteiger charge is 2.01. The van der Waals surface area contributed by atoms with Crippen LogP contribution in [0.15, 0.2) is 47.6 Å².